The standard InChI is InChI=1S/C17H15NO3/c1-18-10-12-4-2-3-5-13(12)17(21)14-8-11(9-16(19)20)6-7-15(14)18/h2-8H,9-10H2,1H3,(H,19,20). The lowest BCUT2D eigenvalue weighted by Gasteiger charge is -2.19. The lowest BCUT2D eigenvalue weighted by molar-refractivity contribution is -0.136. The van der Waals surface area contributed by atoms with Gasteiger partial charge in [-0.05, 0) is 23.3 Å². The highest BCUT2D eigenvalue weighted by Gasteiger charge is 2.23. The highest BCUT2D eigenvalue weighted by molar-refractivity contribution is 6.14. The lowest BCUT2D eigenvalue weighted by atomic mass is 9.97. The summed E-state index contributed by atoms with van der Waals surface area (Å²) in [6, 6.07) is 12.8. The van der Waals surface area contributed by atoms with E-state index in [4.69, 9.17) is 5.11 Å². The van der Waals surface area contributed by atoms with Gasteiger partial charge in [0.2, 0.25) is 0 Å². The predicted octanol–water partition coefficient (Wildman–Crippen LogP) is 2.49. The van der Waals surface area contributed by atoms with E-state index in [2.05, 4.69) is 0 Å². The molecule has 21 heavy (non-hydrogen) atoms. The topological polar surface area (TPSA) is 57.6 Å². The molecule has 0 spiro atoms. The molecule has 0 aromatic heterocycles. The van der Waals surface area contributed by atoms with Crippen molar-refractivity contribution >= 4 is 17.4 Å². The van der Waals surface area contributed by atoms with Gasteiger partial charge in [0.1, 0.15) is 0 Å². The van der Waals surface area contributed by atoms with Gasteiger partial charge in [0.15, 0.2) is 5.78 Å². The van der Waals surface area contributed by atoms with Crippen molar-refractivity contribution in [3.05, 3.63) is 64.7 Å². The zero-order chi connectivity index (χ0) is 15.0. The predicted molar refractivity (Wildman–Crippen MR) is 79.8 cm³/mol. The van der Waals surface area contributed by atoms with Crippen molar-refractivity contribution in [3.8, 4) is 0 Å². The number of carbonyl (C=O) groups excluding carboxylic acids is 1. The first kappa shape index (κ1) is 13.4. The smallest absolute Gasteiger partial charge is 0.307 e. The van der Waals surface area contributed by atoms with E-state index in [1.807, 2.05) is 42.3 Å². The van der Waals surface area contributed by atoms with E-state index in [9.17, 15) is 9.59 Å². The van der Waals surface area contributed by atoms with Crippen LogP contribution in [-0.4, -0.2) is 23.9 Å². The Kier molecular flexibility index (Phi) is 3.22. The van der Waals surface area contributed by atoms with Crippen LogP contribution in [0.1, 0.15) is 27.0 Å². The maximum atomic E-state index is 12.7. The van der Waals surface area contributed by atoms with Gasteiger partial charge in [0.25, 0.3) is 0 Å². The van der Waals surface area contributed by atoms with Gasteiger partial charge in [-0.25, -0.2) is 0 Å². The monoisotopic (exact) mass is 281 g/mol. The summed E-state index contributed by atoms with van der Waals surface area (Å²) in [5.41, 5.74) is 3.73. The molecule has 4 heteroatoms. The maximum Gasteiger partial charge on any atom is 0.307 e. The number of nitrogens with zero attached hydrogens (tertiary/aromatic N) is 1. The van der Waals surface area contributed by atoms with E-state index in [1.54, 1.807) is 12.1 Å². The van der Waals surface area contributed by atoms with Gasteiger partial charge in [-0.2, -0.15) is 0 Å². The van der Waals surface area contributed by atoms with Crippen LogP contribution in [0.4, 0.5) is 5.69 Å². The summed E-state index contributed by atoms with van der Waals surface area (Å²) in [5.74, 6) is -0.943. The number of carboxylic acid groups (broad SMARTS) is 1. The SMILES string of the molecule is CN1Cc2ccccc2C(=O)c2cc(CC(=O)O)ccc21. The summed E-state index contributed by atoms with van der Waals surface area (Å²) in [4.78, 5) is 25.6. The molecule has 0 fully saturated rings. The number of anilines is 1. The van der Waals surface area contributed by atoms with Gasteiger partial charge in [-0.1, -0.05) is 30.3 Å². The molecule has 4 nitrogen and oxygen atoms in total. The molecule has 0 atom stereocenters. The number of carboxylic acids is 1. The summed E-state index contributed by atoms with van der Waals surface area (Å²) >= 11 is 0. The Balaban J connectivity index is 2.14. The van der Waals surface area contributed by atoms with Crippen molar-refractivity contribution < 1.29 is 14.7 Å². The normalized spacial score (nSPS) is 13.4. The second-order valence-corrected chi connectivity index (χ2v) is 5.26. The van der Waals surface area contributed by atoms with E-state index in [0.717, 1.165) is 11.3 Å². The van der Waals surface area contributed by atoms with E-state index in [1.165, 1.54) is 0 Å². The maximum absolute atomic E-state index is 12.7. The number of fused-ring (bicyclic) bond motifs is 2. The van der Waals surface area contributed by atoms with Gasteiger partial charge in [-0.3, -0.25) is 9.59 Å². The molecule has 1 heterocycles. The van der Waals surface area contributed by atoms with Gasteiger partial charge in [0, 0.05) is 30.4 Å². The fourth-order valence-corrected chi connectivity index (χ4v) is 2.75. The van der Waals surface area contributed by atoms with E-state index in [0.29, 0.717) is 23.2 Å². The van der Waals surface area contributed by atoms with Crippen LogP contribution in [0.25, 0.3) is 0 Å². The Bertz CT molecular complexity index is 737. The van der Waals surface area contributed by atoms with Crippen LogP contribution in [0.15, 0.2) is 42.5 Å². The number of aliphatic carboxylic acids is 1. The lowest BCUT2D eigenvalue weighted by Crippen LogP contribution is -2.16. The highest BCUT2D eigenvalue weighted by atomic mass is 16.4. The Hall–Kier alpha value is -2.62. The first-order valence-corrected chi connectivity index (χ1v) is 6.74. The number of carbonyl (C=O) groups is 2. The van der Waals surface area contributed by atoms with Crippen molar-refractivity contribution in [1.82, 2.24) is 0 Å². The second-order valence-electron chi connectivity index (χ2n) is 5.26. The summed E-state index contributed by atoms with van der Waals surface area (Å²) in [5, 5.41) is 8.91. The van der Waals surface area contributed by atoms with Crippen LogP contribution >= 0.6 is 0 Å². The molecule has 2 aromatic rings. The van der Waals surface area contributed by atoms with Crippen molar-refractivity contribution in [2.45, 2.75) is 13.0 Å². The van der Waals surface area contributed by atoms with E-state index >= 15 is 0 Å². The van der Waals surface area contributed by atoms with Crippen LogP contribution in [0.3, 0.4) is 0 Å². The molecule has 0 bridgehead atoms. The third-order valence-corrected chi connectivity index (χ3v) is 3.74. The number of benzene rings is 2. The highest BCUT2D eigenvalue weighted by Crippen LogP contribution is 2.30. The van der Waals surface area contributed by atoms with Crippen molar-refractivity contribution in [3.63, 3.8) is 0 Å². The number of rotatable bonds is 2. The average Bonchev–Trinajstić information content (AvgIpc) is 2.55. The third-order valence-electron chi connectivity index (χ3n) is 3.74. The van der Waals surface area contributed by atoms with Crippen LogP contribution in [0.2, 0.25) is 0 Å². The first-order valence-electron chi connectivity index (χ1n) is 6.74. The number of hydrogen-bond acceptors (Lipinski definition) is 3. The minimum Gasteiger partial charge on any atom is -0.481 e. The molecular formula is C17H15NO3. The Morgan fingerprint density at radius 3 is 2.71 bits per heavy atom. The summed E-state index contributed by atoms with van der Waals surface area (Å²) in [7, 11) is 1.94. The second kappa shape index (κ2) is 5.05. The molecule has 3 rings (SSSR count). The quantitative estimate of drug-likeness (QED) is 0.919. The molecule has 1 N–H and O–H groups in total. The molecule has 0 amide bonds. The van der Waals surface area contributed by atoms with Crippen molar-refractivity contribution in [1.29, 1.82) is 0 Å². The Labute approximate surface area is 122 Å². The van der Waals surface area contributed by atoms with Crippen molar-refractivity contribution in [2.24, 2.45) is 0 Å². The minimum absolute atomic E-state index is 0.0443. The molecule has 0 unspecified atom stereocenters. The molecule has 1 aliphatic rings. The third kappa shape index (κ3) is 2.40. The minimum atomic E-state index is -0.898. The number of hydrogen-bond donors (Lipinski definition) is 1. The average molecular weight is 281 g/mol. The fraction of sp³-hybridized carbons (Fsp3) is 0.176. The molecule has 2 aromatic carbocycles. The Morgan fingerprint density at radius 2 is 1.95 bits per heavy atom. The Morgan fingerprint density at radius 1 is 1.19 bits per heavy atom. The fourth-order valence-electron chi connectivity index (χ4n) is 2.75. The summed E-state index contributed by atoms with van der Waals surface area (Å²) < 4.78 is 0. The van der Waals surface area contributed by atoms with Gasteiger partial charge < -0.3 is 10.0 Å². The zero-order valence-corrected chi connectivity index (χ0v) is 11.7. The van der Waals surface area contributed by atoms with Gasteiger partial charge >= 0.3 is 5.97 Å². The van der Waals surface area contributed by atoms with Crippen molar-refractivity contribution in [2.75, 3.05) is 11.9 Å². The van der Waals surface area contributed by atoms with Crippen LogP contribution in [0, 0.1) is 0 Å². The molecule has 0 saturated carbocycles. The molecule has 1 aliphatic heterocycles. The van der Waals surface area contributed by atoms with Crippen LogP contribution in [0.5, 0.6) is 0 Å². The molecule has 0 saturated heterocycles. The van der Waals surface area contributed by atoms with E-state index in [-0.39, 0.29) is 12.2 Å². The van der Waals surface area contributed by atoms with Crippen LogP contribution in [-0.2, 0) is 17.8 Å². The summed E-state index contributed by atoms with van der Waals surface area (Å²) in [6.07, 6.45) is -0.0775. The molecule has 106 valence electrons. The van der Waals surface area contributed by atoms with E-state index < -0.39 is 5.97 Å². The molecule has 0 radical (unpaired) electrons. The summed E-state index contributed by atoms with van der Waals surface area (Å²) in [6.45, 7) is 0.660. The van der Waals surface area contributed by atoms with Gasteiger partial charge in [0.05, 0.1) is 6.42 Å². The first-order chi connectivity index (χ1) is 10.1. The van der Waals surface area contributed by atoms with Crippen LogP contribution < -0.4 is 4.90 Å². The zero-order valence-electron chi connectivity index (χ0n) is 11.7. The van der Waals surface area contributed by atoms with Gasteiger partial charge in [-0.15, -0.1) is 0 Å². The number of ketones is 1. The largest absolute Gasteiger partial charge is 0.481 e. The molecular weight excluding hydrogens is 266 g/mol. The molecule has 0 aliphatic carbocycles.